The number of halogens is 1. The van der Waals surface area contributed by atoms with Crippen molar-refractivity contribution in [2.24, 2.45) is 5.73 Å². The Balaban J connectivity index is 0.00000264. The van der Waals surface area contributed by atoms with E-state index in [1.54, 1.807) is 43.5 Å². The molecule has 2 N–H and O–H groups in total. The number of thiazole rings is 1. The van der Waals surface area contributed by atoms with Crippen LogP contribution in [-0.2, 0) is 15.4 Å². The maximum absolute atomic E-state index is 12.6. The number of nitrogens with zero attached hydrogens (tertiary/aromatic N) is 2. The van der Waals surface area contributed by atoms with E-state index in [-0.39, 0.29) is 35.3 Å². The minimum atomic E-state index is -3.54. The average Bonchev–Trinajstić information content (AvgIpc) is 2.88. The second-order valence-electron chi connectivity index (χ2n) is 6.50. The lowest BCUT2D eigenvalue weighted by molar-refractivity contribution is 0.394. The first kappa shape index (κ1) is 20.3. The van der Waals surface area contributed by atoms with Crippen LogP contribution in [0.5, 0.6) is 0 Å². The van der Waals surface area contributed by atoms with Crippen molar-refractivity contribution in [3.8, 4) is 0 Å². The predicted molar refractivity (Wildman–Crippen MR) is 99.0 cm³/mol. The number of aromatic nitrogens is 1. The lowest BCUT2D eigenvalue weighted by atomic mass is 9.98. The van der Waals surface area contributed by atoms with Gasteiger partial charge in [0, 0.05) is 25.0 Å². The van der Waals surface area contributed by atoms with Crippen LogP contribution in [0.1, 0.15) is 32.7 Å². The molecular weight excluding hydrogens is 354 g/mol. The van der Waals surface area contributed by atoms with Crippen LogP contribution in [0.2, 0.25) is 0 Å². The van der Waals surface area contributed by atoms with Crippen molar-refractivity contribution in [2.75, 3.05) is 13.6 Å². The lowest BCUT2D eigenvalue weighted by Gasteiger charge is -2.22. The van der Waals surface area contributed by atoms with Gasteiger partial charge in [-0.3, -0.25) is 0 Å². The molecule has 1 aromatic heterocycles. The molecule has 0 aliphatic carbocycles. The first-order valence-corrected chi connectivity index (χ1v) is 9.42. The smallest absolute Gasteiger partial charge is 0.243 e. The second-order valence-corrected chi connectivity index (χ2v) is 9.53. The Hall–Kier alpha value is -0.730. The van der Waals surface area contributed by atoms with E-state index in [1.807, 2.05) is 0 Å². The molecule has 23 heavy (non-hydrogen) atoms. The van der Waals surface area contributed by atoms with Gasteiger partial charge in [-0.05, 0) is 25.1 Å². The fraction of sp³-hybridized carbons (Fsp3) is 0.533. The van der Waals surface area contributed by atoms with Gasteiger partial charge in [-0.2, -0.15) is 4.31 Å². The average molecular weight is 378 g/mol. The van der Waals surface area contributed by atoms with E-state index < -0.39 is 10.0 Å². The predicted octanol–water partition coefficient (Wildman–Crippen LogP) is 2.98. The molecule has 5 nitrogen and oxygen atoms in total. The summed E-state index contributed by atoms with van der Waals surface area (Å²) in [5.41, 5.74) is 6.36. The number of hydrogen-bond acceptors (Lipinski definition) is 5. The summed E-state index contributed by atoms with van der Waals surface area (Å²) in [4.78, 5) is 4.88. The molecule has 0 amide bonds. The molecule has 8 heteroatoms. The van der Waals surface area contributed by atoms with E-state index in [4.69, 9.17) is 5.73 Å². The normalized spacial score (nSPS) is 14.0. The van der Waals surface area contributed by atoms with E-state index in [0.717, 1.165) is 15.2 Å². The van der Waals surface area contributed by atoms with Gasteiger partial charge in [0.2, 0.25) is 10.0 Å². The Morgan fingerprint density at radius 2 is 1.96 bits per heavy atom. The number of likely N-dealkylation sites (N-methyl/N-ethyl adjacent to an activating group) is 1. The molecule has 1 aromatic carbocycles. The summed E-state index contributed by atoms with van der Waals surface area (Å²) in [6, 6.07) is 4.85. The van der Waals surface area contributed by atoms with E-state index in [9.17, 15) is 8.42 Å². The molecular formula is C15H24ClN3O2S2. The van der Waals surface area contributed by atoms with Crippen LogP contribution in [-0.4, -0.2) is 37.3 Å². The van der Waals surface area contributed by atoms with Crippen molar-refractivity contribution < 1.29 is 8.42 Å². The van der Waals surface area contributed by atoms with Crippen molar-refractivity contribution in [1.82, 2.24) is 9.29 Å². The van der Waals surface area contributed by atoms with Gasteiger partial charge in [0.1, 0.15) is 0 Å². The van der Waals surface area contributed by atoms with E-state index in [2.05, 4.69) is 25.8 Å². The van der Waals surface area contributed by atoms with Crippen molar-refractivity contribution >= 4 is 44.0 Å². The summed E-state index contributed by atoms with van der Waals surface area (Å²) in [5, 5.41) is 1.00. The Morgan fingerprint density at radius 1 is 1.35 bits per heavy atom. The fourth-order valence-corrected chi connectivity index (χ4v) is 4.47. The highest BCUT2D eigenvalue weighted by Crippen LogP contribution is 2.32. The zero-order valence-corrected chi connectivity index (χ0v) is 16.5. The molecule has 2 rings (SSSR count). The van der Waals surface area contributed by atoms with E-state index in [1.165, 1.54) is 4.31 Å². The largest absolute Gasteiger partial charge is 0.329 e. The molecule has 0 aliphatic heterocycles. The maximum Gasteiger partial charge on any atom is 0.243 e. The van der Waals surface area contributed by atoms with Crippen molar-refractivity contribution in [1.29, 1.82) is 0 Å². The standard InChI is InChI=1S/C15H23N3O2S2.ClH/c1-10(9-16)18(5)22(19,20)11-6-7-12-13(8-11)21-14(17-12)15(2,3)4;/h6-8,10H,9,16H2,1-5H3;1H. The summed E-state index contributed by atoms with van der Waals surface area (Å²) in [6.45, 7) is 8.37. The molecule has 0 fully saturated rings. The highest BCUT2D eigenvalue weighted by atomic mass is 35.5. The SMILES string of the molecule is CC(CN)N(C)S(=O)(=O)c1ccc2nc(C(C)(C)C)sc2c1.Cl. The number of sulfonamides is 1. The third-order valence-corrected chi connectivity index (χ3v) is 7.05. The molecule has 1 heterocycles. The molecule has 1 unspecified atom stereocenters. The number of rotatable bonds is 4. The quantitative estimate of drug-likeness (QED) is 0.888. The van der Waals surface area contributed by atoms with Crippen molar-refractivity contribution in [2.45, 2.75) is 44.0 Å². The number of fused-ring (bicyclic) bond motifs is 1. The van der Waals surface area contributed by atoms with Crippen LogP contribution in [0.3, 0.4) is 0 Å². The number of benzene rings is 1. The number of nitrogens with two attached hydrogens (primary N) is 1. The molecule has 0 saturated carbocycles. The molecule has 0 aliphatic rings. The third-order valence-electron chi connectivity index (χ3n) is 3.64. The second kappa shape index (κ2) is 7.03. The first-order chi connectivity index (χ1) is 10.1. The summed E-state index contributed by atoms with van der Waals surface area (Å²) in [6.07, 6.45) is 0. The van der Waals surface area contributed by atoms with Crippen LogP contribution >= 0.6 is 23.7 Å². The molecule has 130 valence electrons. The topological polar surface area (TPSA) is 76.3 Å². The molecule has 2 aromatic rings. The van der Waals surface area contributed by atoms with Crippen molar-refractivity contribution in [3.05, 3.63) is 23.2 Å². The van der Waals surface area contributed by atoms with Gasteiger partial charge in [-0.15, -0.1) is 23.7 Å². The Morgan fingerprint density at radius 3 is 2.48 bits per heavy atom. The first-order valence-electron chi connectivity index (χ1n) is 7.16. The van der Waals surface area contributed by atoms with Crippen molar-refractivity contribution in [3.63, 3.8) is 0 Å². The van der Waals surface area contributed by atoms with Gasteiger partial charge in [-0.1, -0.05) is 20.8 Å². The molecule has 0 radical (unpaired) electrons. The van der Waals surface area contributed by atoms with Crippen LogP contribution in [0.4, 0.5) is 0 Å². The third kappa shape index (κ3) is 4.03. The monoisotopic (exact) mass is 377 g/mol. The summed E-state index contributed by atoms with van der Waals surface area (Å²) in [7, 11) is -1.98. The van der Waals surface area contributed by atoms with Crippen LogP contribution in [0.25, 0.3) is 10.2 Å². The fourth-order valence-electron chi connectivity index (χ4n) is 1.94. The Labute approximate surface area is 148 Å². The Bertz CT molecular complexity index is 782. The number of hydrogen-bond donors (Lipinski definition) is 1. The zero-order valence-electron chi connectivity index (χ0n) is 14.0. The van der Waals surface area contributed by atoms with Gasteiger partial charge in [0.25, 0.3) is 0 Å². The summed E-state index contributed by atoms with van der Waals surface area (Å²) in [5.74, 6) is 0. The summed E-state index contributed by atoms with van der Waals surface area (Å²) < 4.78 is 27.5. The molecule has 0 spiro atoms. The molecule has 0 bridgehead atoms. The zero-order chi connectivity index (χ0) is 16.7. The van der Waals surface area contributed by atoms with Gasteiger partial charge in [-0.25, -0.2) is 13.4 Å². The minimum absolute atomic E-state index is 0. The highest BCUT2D eigenvalue weighted by Gasteiger charge is 2.26. The lowest BCUT2D eigenvalue weighted by Crippen LogP contribution is -2.39. The van der Waals surface area contributed by atoms with E-state index in [0.29, 0.717) is 0 Å². The van der Waals surface area contributed by atoms with Gasteiger partial charge in [0.15, 0.2) is 0 Å². The minimum Gasteiger partial charge on any atom is -0.329 e. The van der Waals surface area contributed by atoms with Gasteiger partial charge >= 0.3 is 0 Å². The van der Waals surface area contributed by atoms with Crippen LogP contribution in [0.15, 0.2) is 23.1 Å². The van der Waals surface area contributed by atoms with Crippen LogP contribution < -0.4 is 5.73 Å². The molecule has 1 atom stereocenters. The maximum atomic E-state index is 12.6. The summed E-state index contributed by atoms with van der Waals surface area (Å²) >= 11 is 1.54. The molecule has 0 saturated heterocycles. The van der Waals surface area contributed by atoms with Crippen LogP contribution in [0, 0.1) is 0 Å². The Kier molecular flexibility index (Phi) is 6.21. The van der Waals surface area contributed by atoms with Gasteiger partial charge < -0.3 is 5.73 Å². The highest BCUT2D eigenvalue weighted by molar-refractivity contribution is 7.89. The van der Waals surface area contributed by atoms with Gasteiger partial charge in [0.05, 0.1) is 20.1 Å². The van der Waals surface area contributed by atoms with E-state index >= 15 is 0 Å².